The van der Waals surface area contributed by atoms with Gasteiger partial charge in [-0.05, 0) is 30.3 Å². The molecule has 1 atom stereocenters. The molecule has 2 rings (SSSR count). The first kappa shape index (κ1) is 17.6. The Morgan fingerprint density at radius 3 is 2.17 bits per heavy atom. The second-order valence-corrected chi connectivity index (χ2v) is 5.02. The Morgan fingerprint density at radius 2 is 1.58 bits per heavy atom. The molecule has 0 aliphatic carbocycles. The van der Waals surface area contributed by atoms with Crippen LogP contribution in [-0.2, 0) is 0 Å². The standard InChI is InChI=1S/C17H16F2N2O3/c1-20-16(23)10-4-2-5-11(8-10)17(24)21-9-14(22)15-12(18)6-3-7-13(15)19/h2-8,14,22H,9H2,1H3,(H,20,23)(H,21,24). The van der Waals surface area contributed by atoms with E-state index in [2.05, 4.69) is 10.6 Å². The number of aliphatic hydroxyl groups is 1. The molecule has 7 heteroatoms. The zero-order valence-electron chi connectivity index (χ0n) is 12.8. The van der Waals surface area contributed by atoms with Crippen molar-refractivity contribution in [1.29, 1.82) is 0 Å². The molecular formula is C17H16F2N2O3. The van der Waals surface area contributed by atoms with Crippen molar-refractivity contribution in [3.63, 3.8) is 0 Å². The third-order valence-electron chi connectivity index (χ3n) is 3.40. The lowest BCUT2D eigenvalue weighted by molar-refractivity contribution is 0.0911. The molecule has 0 bridgehead atoms. The van der Waals surface area contributed by atoms with E-state index in [0.717, 1.165) is 12.1 Å². The van der Waals surface area contributed by atoms with Crippen molar-refractivity contribution < 1.29 is 23.5 Å². The Hall–Kier alpha value is -2.80. The molecule has 2 aromatic carbocycles. The molecule has 0 saturated heterocycles. The predicted octanol–water partition coefficient (Wildman–Crippen LogP) is 1.79. The monoisotopic (exact) mass is 334 g/mol. The van der Waals surface area contributed by atoms with Crippen molar-refractivity contribution in [3.8, 4) is 0 Å². The number of carbonyl (C=O) groups excluding carboxylic acids is 2. The molecule has 0 saturated carbocycles. The molecule has 2 aromatic rings. The highest BCUT2D eigenvalue weighted by atomic mass is 19.1. The summed E-state index contributed by atoms with van der Waals surface area (Å²) in [6, 6.07) is 9.17. The number of rotatable bonds is 5. The van der Waals surface area contributed by atoms with Crippen LogP contribution in [-0.4, -0.2) is 30.5 Å². The summed E-state index contributed by atoms with van der Waals surface area (Å²) < 4.78 is 27.1. The molecule has 0 heterocycles. The first-order chi connectivity index (χ1) is 11.4. The molecule has 0 radical (unpaired) electrons. The largest absolute Gasteiger partial charge is 0.386 e. The van der Waals surface area contributed by atoms with Gasteiger partial charge in [-0.2, -0.15) is 0 Å². The SMILES string of the molecule is CNC(=O)c1cccc(C(=O)NCC(O)c2c(F)cccc2F)c1. The number of aliphatic hydroxyl groups excluding tert-OH is 1. The average Bonchev–Trinajstić information content (AvgIpc) is 2.58. The minimum absolute atomic E-state index is 0.192. The maximum absolute atomic E-state index is 13.6. The Kier molecular flexibility index (Phi) is 5.59. The van der Waals surface area contributed by atoms with Gasteiger partial charge in [0.25, 0.3) is 11.8 Å². The van der Waals surface area contributed by atoms with Gasteiger partial charge in [-0.25, -0.2) is 8.78 Å². The van der Waals surface area contributed by atoms with Crippen LogP contribution in [0.25, 0.3) is 0 Å². The topological polar surface area (TPSA) is 78.4 Å². The summed E-state index contributed by atoms with van der Waals surface area (Å²) in [6.45, 7) is -0.374. The molecule has 0 fully saturated rings. The summed E-state index contributed by atoms with van der Waals surface area (Å²) in [5, 5.41) is 14.7. The summed E-state index contributed by atoms with van der Waals surface area (Å²) in [4.78, 5) is 23.6. The van der Waals surface area contributed by atoms with Gasteiger partial charge in [-0.3, -0.25) is 9.59 Å². The van der Waals surface area contributed by atoms with Gasteiger partial charge in [-0.1, -0.05) is 12.1 Å². The maximum atomic E-state index is 13.6. The highest BCUT2D eigenvalue weighted by molar-refractivity contribution is 5.99. The predicted molar refractivity (Wildman–Crippen MR) is 83.5 cm³/mol. The summed E-state index contributed by atoms with van der Waals surface area (Å²) in [5.74, 6) is -2.70. The molecular weight excluding hydrogens is 318 g/mol. The lowest BCUT2D eigenvalue weighted by Crippen LogP contribution is -2.29. The number of nitrogens with one attached hydrogen (secondary N) is 2. The summed E-state index contributed by atoms with van der Waals surface area (Å²) in [5.41, 5.74) is -0.0138. The molecule has 0 aliphatic heterocycles. The van der Waals surface area contributed by atoms with E-state index in [1.165, 1.54) is 31.3 Å². The minimum atomic E-state index is -1.53. The number of carbonyl (C=O) groups is 2. The van der Waals surface area contributed by atoms with Crippen molar-refractivity contribution in [3.05, 3.63) is 70.8 Å². The fraction of sp³-hybridized carbons (Fsp3) is 0.176. The molecule has 0 aromatic heterocycles. The number of hydrogen-bond donors (Lipinski definition) is 3. The van der Waals surface area contributed by atoms with Gasteiger partial charge in [-0.15, -0.1) is 0 Å². The highest BCUT2D eigenvalue weighted by Crippen LogP contribution is 2.20. The van der Waals surface area contributed by atoms with E-state index in [1.54, 1.807) is 6.07 Å². The third kappa shape index (κ3) is 3.94. The molecule has 126 valence electrons. The van der Waals surface area contributed by atoms with Crippen LogP contribution in [0.15, 0.2) is 42.5 Å². The smallest absolute Gasteiger partial charge is 0.251 e. The van der Waals surface area contributed by atoms with Crippen molar-refractivity contribution in [2.75, 3.05) is 13.6 Å². The second kappa shape index (κ2) is 7.65. The third-order valence-corrected chi connectivity index (χ3v) is 3.40. The van der Waals surface area contributed by atoms with Crippen LogP contribution in [0.2, 0.25) is 0 Å². The van der Waals surface area contributed by atoms with Crippen LogP contribution in [0.4, 0.5) is 8.78 Å². The van der Waals surface area contributed by atoms with Crippen LogP contribution >= 0.6 is 0 Å². The minimum Gasteiger partial charge on any atom is -0.386 e. The van der Waals surface area contributed by atoms with Gasteiger partial charge in [0.15, 0.2) is 0 Å². The zero-order chi connectivity index (χ0) is 17.7. The van der Waals surface area contributed by atoms with Gasteiger partial charge in [0.05, 0.1) is 5.56 Å². The highest BCUT2D eigenvalue weighted by Gasteiger charge is 2.19. The lowest BCUT2D eigenvalue weighted by Gasteiger charge is -2.14. The van der Waals surface area contributed by atoms with E-state index >= 15 is 0 Å². The van der Waals surface area contributed by atoms with E-state index in [0.29, 0.717) is 5.56 Å². The normalized spacial score (nSPS) is 11.7. The van der Waals surface area contributed by atoms with E-state index in [1.807, 2.05) is 0 Å². The molecule has 3 N–H and O–H groups in total. The molecule has 0 aliphatic rings. The quantitative estimate of drug-likeness (QED) is 0.780. The van der Waals surface area contributed by atoms with Gasteiger partial charge in [0.2, 0.25) is 0 Å². The summed E-state index contributed by atoms with van der Waals surface area (Å²) >= 11 is 0. The van der Waals surface area contributed by atoms with Gasteiger partial charge >= 0.3 is 0 Å². The number of halogens is 2. The maximum Gasteiger partial charge on any atom is 0.251 e. The first-order valence-electron chi connectivity index (χ1n) is 7.16. The number of hydrogen-bond acceptors (Lipinski definition) is 3. The molecule has 1 unspecified atom stereocenters. The van der Waals surface area contributed by atoms with Crippen LogP contribution in [0.1, 0.15) is 32.4 Å². The molecule has 0 spiro atoms. The van der Waals surface area contributed by atoms with Gasteiger partial charge < -0.3 is 15.7 Å². The first-order valence-corrected chi connectivity index (χ1v) is 7.16. The van der Waals surface area contributed by atoms with Crippen molar-refractivity contribution in [1.82, 2.24) is 10.6 Å². The van der Waals surface area contributed by atoms with E-state index in [4.69, 9.17) is 0 Å². The second-order valence-electron chi connectivity index (χ2n) is 5.02. The Morgan fingerprint density at radius 1 is 1.04 bits per heavy atom. The van der Waals surface area contributed by atoms with Crippen molar-refractivity contribution >= 4 is 11.8 Å². The molecule has 5 nitrogen and oxygen atoms in total. The fourth-order valence-electron chi connectivity index (χ4n) is 2.17. The Bertz CT molecular complexity index is 745. The van der Waals surface area contributed by atoms with E-state index in [9.17, 15) is 23.5 Å². The van der Waals surface area contributed by atoms with Gasteiger partial charge in [0, 0.05) is 24.7 Å². The Labute approximate surface area is 137 Å². The molecule has 2 amide bonds. The molecule has 24 heavy (non-hydrogen) atoms. The van der Waals surface area contributed by atoms with Crippen LogP contribution in [0, 0.1) is 11.6 Å². The number of amides is 2. The van der Waals surface area contributed by atoms with E-state index in [-0.39, 0.29) is 18.0 Å². The van der Waals surface area contributed by atoms with E-state index < -0.39 is 29.2 Å². The van der Waals surface area contributed by atoms with Crippen LogP contribution in [0.5, 0.6) is 0 Å². The van der Waals surface area contributed by atoms with Gasteiger partial charge in [0.1, 0.15) is 17.7 Å². The zero-order valence-corrected chi connectivity index (χ0v) is 12.8. The Balaban J connectivity index is 2.07. The summed E-state index contributed by atoms with van der Waals surface area (Å²) in [7, 11) is 1.47. The van der Waals surface area contributed by atoms with Crippen molar-refractivity contribution in [2.45, 2.75) is 6.10 Å². The lowest BCUT2D eigenvalue weighted by atomic mass is 10.1. The number of benzene rings is 2. The summed E-state index contributed by atoms with van der Waals surface area (Å²) in [6.07, 6.45) is -1.53. The van der Waals surface area contributed by atoms with Crippen LogP contribution < -0.4 is 10.6 Å². The fourth-order valence-corrected chi connectivity index (χ4v) is 2.17. The van der Waals surface area contributed by atoms with Crippen LogP contribution in [0.3, 0.4) is 0 Å². The average molecular weight is 334 g/mol. The van der Waals surface area contributed by atoms with Crippen molar-refractivity contribution in [2.24, 2.45) is 0 Å².